The number of anilines is 1. The highest BCUT2D eigenvalue weighted by molar-refractivity contribution is 5.92. The molecule has 1 saturated heterocycles. The Morgan fingerprint density at radius 1 is 1.36 bits per heavy atom. The fourth-order valence-electron chi connectivity index (χ4n) is 4.40. The molecular formula is C19H25F2N5O2. The van der Waals surface area contributed by atoms with E-state index in [2.05, 4.69) is 15.4 Å². The maximum atomic E-state index is 13.6. The summed E-state index contributed by atoms with van der Waals surface area (Å²) in [5.74, 6) is 1.28. The Hall–Kier alpha value is -2.45. The van der Waals surface area contributed by atoms with E-state index in [0.717, 1.165) is 12.8 Å². The van der Waals surface area contributed by atoms with Crippen LogP contribution in [0.15, 0.2) is 10.5 Å². The molecule has 0 radical (unpaired) electrons. The van der Waals surface area contributed by atoms with Crippen LogP contribution in [-0.2, 0) is 0 Å². The second-order valence-electron chi connectivity index (χ2n) is 7.80. The van der Waals surface area contributed by atoms with Crippen molar-refractivity contribution in [3.63, 3.8) is 0 Å². The molecule has 9 heteroatoms. The van der Waals surface area contributed by atoms with Crippen molar-refractivity contribution in [3.8, 4) is 0 Å². The lowest BCUT2D eigenvalue weighted by Crippen LogP contribution is -2.48. The fourth-order valence-corrected chi connectivity index (χ4v) is 4.40. The molecule has 152 valence electrons. The number of amides is 1. The van der Waals surface area contributed by atoms with Crippen LogP contribution in [0.25, 0.3) is 0 Å². The number of nitrogens with zero attached hydrogens (tertiary/aromatic N) is 4. The minimum absolute atomic E-state index is 0.0900. The van der Waals surface area contributed by atoms with Gasteiger partial charge in [0.1, 0.15) is 11.9 Å². The van der Waals surface area contributed by atoms with E-state index in [1.807, 2.05) is 0 Å². The Kier molecular flexibility index (Phi) is 4.84. The van der Waals surface area contributed by atoms with E-state index in [9.17, 15) is 13.6 Å². The zero-order valence-electron chi connectivity index (χ0n) is 16.3. The molecule has 1 fully saturated rings. The number of rotatable bonds is 3. The summed E-state index contributed by atoms with van der Waals surface area (Å²) < 4.78 is 34.2. The van der Waals surface area contributed by atoms with Gasteiger partial charge in [0.25, 0.3) is 12.3 Å². The highest BCUT2D eigenvalue weighted by Crippen LogP contribution is 2.36. The number of hydrogen-bond acceptors (Lipinski definition) is 5. The molecule has 3 atom stereocenters. The first-order valence-corrected chi connectivity index (χ1v) is 9.67. The number of oxazole rings is 1. The van der Waals surface area contributed by atoms with Crippen LogP contribution in [0.2, 0.25) is 0 Å². The average Bonchev–Trinajstić information content (AvgIpc) is 3.20. The SMILES string of the molecule is Cc1cc2n(n1)[C@@H](C(F)F)C[C@@H](C1CCCN(C(=O)c3oc(C)nc3C)C1)N2. The molecule has 2 aromatic rings. The molecular weight excluding hydrogens is 368 g/mol. The number of hydrogen-bond donors (Lipinski definition) is 1. The van der Waals surface area contributed by atoms with E-state index >= 15 is 0 Å². The Balaban J connectivity index is 1.52. The van der Waals surface area contributed by atoms with Crippen molar-refractivity contribution in [1.29, 1.82) is 0 Å². The molecule has 0 aromatic carbocycles. The summed E-state index contributed by atoms with van der Waals surface area (Å²) >= 11 is 0. The third kappa shape index (κ3) is 3.38. The van der Waals surface area contributed by atoms with Gasteiger partial charge in [-0.25, -0.2) is 18.4 Å². The average molecular weight is 393 g/mol. The van der Waals surface area contributed by atoms with Crippen LogP contribution in [0.4, 0.5) is 14.6 Å². The summed E-state index contributed by atoms with van der Waals surface area (Å²) in [6.07, 6.45) is -0.472. The van der Waals surface area contributed by atoms with Crippen molar-refractivity contribution in [1.82, 2.24) is 19.7 Å². The summed E-state index contributed by atoms with van der Waals surface area (Å²) in [6, 6.07) is 0.726. The van der Waals surface area contributed by atoms with Gasteiger partial charge in [-0.3, -0.25) is 4.79 Å². The second kappa shape index (κ2) is 7.18. The predicted octanol–water partition coefficient (Wildman–Crippen LogP) is 3.34. The van der Waals surface area contributed by atoms with Crippen LogP contribution in [-0.4, -0.2) is 51.1 Å². The first kappa shape index (κ1) is 18.9. The van der Waals surface area contributed by atoms with E-state index in [4.69, 9.17) is 4.42 Å². The summed E-state index contributed by atoms with van der Waals surface area (Å²) in [7, 11) is 0. The summed E-state index contributed by atoms with van der Waals surface area (Å²) in [4.78, 5) is 18.8. The van der Waals surface area contributed by atoms with Gasteiger partial charge in [0.05, 0.1) is 11.4 Å². The molecule has 4 heterocycles. The molecule has 1 amide bonds. The lowest BCUT2D eigenvalue weighted by atomic mass is 9.86. The number of alkyl halides is 2. The van der Waals surface area contributed by atoms with Crippen molar-refractivity contribution in [2.75, 3.05) is 18.4 Å². The van der Waals surface area contributed by atoms with Crippen molar-refractivity contribution in [2.45, 2.75) is 58.5 Å². The maximum Gasteiger partial charge on any atom is 0.291 e. The maximum absolute atomic E-state index is 13.6. The minimum Gasteiger partial charge on any atom is -0.436 e. The number of piperidine rings is 1. The minimum atomic E-state index is -2.48. The molecule has 1 unspecified atom stereocenters. The van der Waals surface area contributed by atoms with Gasteiger partial charge in [-0.1, -0.05) is 0 Å². The normalized spacial score (nSPS) is 24.9. The molecule has 0 spiro atoms. The van der Waals surface area contributed by atoms with Gasteiger partial charge >= 0.3 is 0 Å². The monoisotopic (exact) mass is 393 g/mol. The molecule has 2 aliphatic heterocycles. The number of aromatic nitrogens is 3. The molecule has 7 nitrogen and oxygen atoms in total. The zero-order chi connectivity index (χ0) is 20.0. The summed E-state index contributed by atoms with van der Waals surface area (Å²) in [5.41, 5.74) is 1.29. The molecule has 28 heavy (non-hydrogen) atoms. The molecule has 4 rings (SSSR count). The number of fused-ring (bicyclic) bond motifs is 1. The molecule has 0 aliphatic carbocycles. The van der Waals surface area contributed by atoms with Crippen LogP contribution >= 0.6 is 0 Å². The highest BCUT2D eigenvalue weighted by atomic mass is 19.3. The molecule has 0 bridgehead atoms. The smallest absolute Gasteiger partial charge is 0.291 e. The van der Waals surface area contributed by atoms with Gasteiger partial charge in [-0.2, -0.15) is 5.10 Å². The standard InChI is InChI=1S/C19H25F2N5O2/c1-10-7-16-23-14(8-15(18(20)21)26(16)24-10)13-5-4-6-25(9-13)19(27)17-11(2)22-12(3)28-17/h7,13-15,18,23H,4-6,8-9H2,1-3H3/t13?,14-,15+/m0/s1. The fraction of sp³-hybridized carbons (Fsp3) is 0.632. The van der Waals surface area contributed by atoms with Crippen LogP contribution in [0.5, 0.6) is 0 Å². The third-order valence-corrected chi connectivity index (χ3v) is 5.70. The van der Waals surface area contributed by atoms with Crippen molar-refractivity contribution in [2.24, 2.45) is 5.92 Å². The first-order chi connectivity index (χ1) is 13.3. The van der Waals surface area contributed by atoms with E-state index in [0.29, 0.717) is 42.6 Å². The molecule has 2 aromatic heterocycles. The Morgan fingerprint density at radius 3 is 2.82 bits per heavy atom. The Labute approximate surface area is 162 Å². The van der Waals surface area contributed by atoms with Gasteiger partial charge in [0, 0.05) is 32.1 Å². The van der Waals surface area contributed by atoms with Crippen LogP contribution in [0.1, 0.15) is 53.1 Å². The summed E-state index contributed by atoms with van der Waals surface area (Å²) in [6.45, 7) is 6.41. The number of likely N-dealkylation sites (tertiary alicyclic amines) is 1. The van der Waals surface area contributed by atoms with Crippen LogP contribution in [0.3, 0.4) is 0 Å². The highest BCUT2D eigenvalue weighted by Gasteiger charge is 2.39. The molecule has 1 N–H and O–H groups in total. The number of halogens is 2. The van der Waals surface area contributed by atoms with E-state index in [-0.39, 0.29) is 23.6 Å². The number of aryl methyl sites for hydroxylation is 3. The number of carbonyl (C=O) groups is 1. The Morgan fingerprint density at radius 2 is 2.14 bits per heavy atom. The van der Waals surface area contributed by atoms with Gasteiger partial charge in [0.2, 0.25) is 5.76 Å². The molecule has 2 aliphatic rings. The van der Waals surface area contributed by atoms with Crippen LogP contribution < -0.4 is 5.32 Å². The van der Waals surface area contributed by atoms with Crippen molar-refractivity contribution < 1.29 is 18.0 Å². The quantitative estimate of drug-likeness (QED) is 0.866. The van der Waals surface area contributed by atoms with E-state index < -0.39 is 12.5 Å². The third-order valence-electron chi connectivity index (χ3n) is 5.70. The second-order valence-corrected chi connectivity index (χ2v) is 7.80. The van der Waals surface area contributed by atoms with Crippen molar-refractivity contribution >= 4 is 11.7 Å². The van der Waals surface area contributed by atoms with Gasteiger partial charge < -0.3 is 14.6 Å². The lowest BCUT2D eigenvalue weighted by Gasteiger charge is -2.41. The van der Waals surface area contributed by atoms with Gasteiger partial charge in [-0.15, -0.1) is 0 Å². The number of nitrogens with one attached hydrogen (secondary N) is 1. The number of carbonyl (C=O) groups excluding carboxylic acids is 1. The van der Waals surface area contributed by atoms with Gasteiger partial charge in [-0.05, 0) is 39.0 Å². The predicted molar refractivity (Wildman–Crippen MR) is 98.6 cm³/mol. The molecule has 0 saturated carbocycles. The Bertz CT molecular complexity index is 878. The lowest BCUT2D eigenvalue weighted by molar-refractivity contribution is 0.0492. The zero-order valence-corrected chi connectivity index (χ0v) is 16.3. The van der Waals surface area contributed by atoms with Gasteiger partial charge in [0.15, 0.2) is 5.89 Å². The van der Waals surface area contributed by atoms with E-state index in [1.54, 1.807) is 31.7 Å². The topological polar surface area (TPSA) is 76.2 Å². The van der Waals surface area contributed by atoms with Crippen LogP contribution in [0, 0.1) is 26.7 Å². The van der Waals surface area contributed by atoms with E-state index in [1.165, 1.54) is 4.68 Å². The summed E-state index contributed by atoms with van der Waals surface area (Å²) in [5, 5.41) is 7.60. The largest absolute Gasteiger partial charge is 0.436 e. The van der Waals surface area contributed by atoms with Crippen molar-refractivity contribution in [3.05, 3.63) is 29.1 Å². The first-order valence-electron chi connectivity index (χ1n) is 9.67.